The van der Waals surface area contributed by atoms with Gasteiger partial charge in [-0.3, -0.25) is 0 Å². The lowest BCUT2D eigenvalue weighted by Crippen LogP contribution is -2.29. The predicted octanol–water partition coefficient (Wildman–Crippen LogP) is -0.183. The first-order valence-electron chi connectivity index (χ1n) is 6.07. The largest absolute Gasteiger partial charge is 0.384 e. The third-order valence-electron chi connectivity index (χ3n) is 3.21. The van der Waals surface area contributed by atoms with Gasteiger partial charge in [-0.2, -0.15) is 0 Å². The molecule has 0 aromatic carbocycles. The number of hydrogen-bond donors (Lipinski definition) is 3. The average molecular weight is 281 g/mol. The minimum Gasteiger partial charge on any atom is -0.384 e. The zero-order valence-electron chi connectivity index (χ0n) is 10.3. The van der Waals surface area contributed by atoms with Gasteiger partial charge in [-0.15, -0.1) is 0 Å². The molecule has 3 rings (SSSR count). The Morgan fingerprint density at radius 2 is 2.26 bits per heavy atom. The first-order valence-corrected chi connectivity index (χ1v) is 7.89. The van der Waals surface area contributed by atoms with Crippen molar-refractivity contribution in [2.75, 3.05) is 17.2 Å². The SMILES string of the molecule is Nc1ccc2[nH]c(CNC3CCS(=O)(=O)C3)nc2n1. The van der Waals surface area contributed by atoms with Crippen LogP contribution in [0.4, 0.5) is 5.82 Å². The topological polar surface area (TPSA) is 114 Å². The van der Waals surface area contributed by atoms with Gasteiger partial charge in [0.25, 0.3) is 0 Å². The van der Waals surface area contributed by atoms with Crippen LogP contribution in [0.3, 0.4) is 0 Å². The molecule has 1 saturated heterocycles. The summed E-state index contributed by atoms with van der Waals surface area (Å²) in [5.41, 5.74) is 6.99. The summed E-state index contributed by atoms with van der Waals surface area (Å²) >= 11 is 0. The molecule has 102 valence electrons. The maximum absolute atomic E-state index is 11.3. The number of imidazole rings is 1. The molecule has 1 unspecified atom stereocenters. The van der Waals surface area contributed by atoms with Crippen molar-refractivity contribution in [3.63, 3.8) is 0 Å². The van der Waals surface area contributed by atoms with Gasteiger partial charge >= 0.3 is 0 Å². The van der Waals surface area contributed by atoms with Crippen molar-refractivity contribution < 1.29 is 8.42 Å². The Morgan fingerprint density at radius 3 is 3.00 bits per heavy atom. The Morgan fingerprint density at radius 1 is 1.42 bits per heavy atom. The molecular formula is C11H15N5O2S. The van der Waals surface area contributed by atoms with E-state index in [1.807, 2.05) is 6.07 Å². The van der Waals surface area contributed by atoms with Gasteiger partial charge in [0, 0.05) is 6.04 Å². The first kappa shape index (κ1) is 12.4. The number of fused-ring (bicyclic) bond motifs is 1. The Labute approximate surface area is 110 Å². The third kappa shape index (κ3) is 2.69. The van der Waals surface area contributed by atoms with E-state index in [9.17, 15) is 8.42 Å². The van der Waals surface area contributed by atoms with E-state index in [4.69, 9.17) is 5.73 Å². The minimum atomic E-state index is -2.85. The molecule has 1 atom stereocenters. The number of rotatable bonds is 3. The van der Waals surface area contributed by atoms with Gasteiger partial charge in [0.2, 0.25) is 0 Å². The maximum Gasteiger partial charge on any atom is 0.179 e. The molecule has 0 spiro atoms. The number of aromatic amines is 1. The molecule has 0 radical (unpaired) electrons. The molecule has 0 amide bonds. The van der Waals surface area contributed by atoms with Crippen LogP contribution in [0.2, 0.25) is 0 Å². The van der Waals surface area contributed by atoms with Crippen LogP contribution in [0.15, 0.2) is 12.1 Å². The number of nitrogens with zero attached hydrogens (tertiary/aromatic N) is 2. The van der Waals surface area contributed by atoms with E-state index < -0.39 is 9.84 Å². The highest BCUT2D eigenvalue weighted by atomic mass is 32.2. The van der Waals surface area contributed by atoms with Crippen LogP contribution in [-0.2, 0) is 16.4 Å². The van der Waals surface area contributed by atoms with Crippen molar-refractivity contribution in [3.8, 4) is 0 Å². The normalized spacial score (nSPS) is 22.0. The lowest BCUT2D eigenvalue weighted by atomic mass is 10.2. The van der Waals surface area contributed by atoms with E-state index in [0.29, 0.717) is 24.4 Å². The van der Waals surface area contributed by atoms with Crippen molar-refractivity contribution in [2.45, 2.75) is 19.0 Å². The number of pyridine rings is 1. The van der Waals surface area contributed by atoms with Crippen molar-refractivity contribution >= 4 is 26.8 Å². The van der Waals surface area contributed by atoms with Crippen LogP contribution in [0.1, 0.15) is 12.2 Å². The van der Waals surface area contributed by atoms with E-state index in [1.165, 1.54) is 0 Å². The summed E-state index contributed by atoms with van der Waals surface area (Å²) in [7, 11) is -2.85. The Bertz CT molecular complexity index is 709. The second-order valence-corrected chi connectivity index (χ2v) is 7.00. The number of anilines is 1. The Balaban J connectivity index is 1.69. The molecule has 2 aromatic heterocycles. The fourth-order valence-electron chi connectivity index (χ4n) is 2.24. The molecule has 8 heteroatoms. The monoisotopic (exact) mass is 281 g/mol. The summed E-state index contributed by atoms with van der Waals surface area (Å²) in [6.45, 7) is 0.496. The molecule has 2 aromatic rings. The number of aromatic nitrogens is 3. The van der Waals surface area contributed by atoms with Gasteiger partial charge in [-0.1, -0.05) is 0 Å². The lowest BCUT2D eigenvalue weighted by molar-refractivity contribution is 0.544. The summed E-state index contributed by atoms with van der Waals surface area (Å²) in [5, 5.41) is 3.20. The lowest BCUT2D eigenvalue weighted by Gasteiger charge is -2.08. The van der Waals surface area contributed by atoms with Gasteiger partial charge in [0.05, 0.1) is 23.6 Å². The summed E-state index contributed by atoms with van der Waals surface area (Å²) < 4.78 is 22.7. The van der Waals surface area contributed by atoms with E-state index in [0.717, 1.165) is 11.3 Å². The summed E-state index contributed by atoms with van der Waals surface area (Å²) in [6.07, 6.45) is 0.660. The number of hydrogen-bond acceptors (Lipinski definition) is 6. The number of nitrogen functional groups attached to an aromatic ring is 1. The van der Waals surface area contributed by atoms with E-state index in [1.54, 1.807) is 6.07 Å². The van der Waals surface area contributed by atoms with Gasteiger partial charge in [0.1, 0.15) is 11.6 Å². The van der Waals surface area contributed by atoms with E-state index in [-0.39, 0.29) is 17.5 Å². The van der Waals surface area contributed by atoms with Crippen LogP contribution in [0.5, 0.6) is 0 Å². The molecule has 1 aliphatic heterocycles. The summed E-state index contributed by atoms with van der Waals surface area (Å²) in [4.78, 5) is 11.5. The molecule has 0 aliphatic carbocycles. The predicted molar refractivity (Wildman–Crippen MR) is 72.2 cm³/mol. The van der Waals surface area contributed by atoms with Gasteiger partial charge in [0.15, 0.2) is 15.5 Å². The molecular weight excluding hydrogens is 266 g/mol. The molecule has 1 aliphatic rings. The second kappa shape index (κ2) is 4.46. The van der Waals surface area contributed by atoms with Crippen molar-refractivity contribution in [1.29, 1.82) is 0 Å². The van der Waals surface area contributed by atoms with Crippen molar-refractivity contribution in [3.05, 3.63) is 18.0 Å². The zero-order chi connectivity index (χ0) is 13.5. The molecule has 3 heterocycles. The standard InChI is InChI=1S/C11H15N5O2S/c12-9-2-1-8-11(15-9)16-10(14-8)5-13-7-3-4-19(17,18)6-7/h1-2,7,13H,3-6H2,(H3,12,14,15,16). The van der Waals surface area contributed by atoms with Crippen molar-refractivity contribution in [1.82, 2.24) is 20.3 Å². The number of nitrogens with two attached hydrogens (primary N) is 1. The van der Waals surface area contributed by atoms with E-state index >= 15 is 0 Å². The quantitative estimate of drug-likeness (QED) is 0.719. The highest BCUT2D eigenvalue weighted by molar-refractivity contribution is 7.91. The molecule has 0 bridgehead atoms. The molecule has 4 N–H and O–H groups in total. The molecule has 0 saturated carbocycles. The van der Waals surface area contributed by atoms with Gasteiger partial charge < -0.3 is 16.0 Å². The highest BCUT2D eigenvalue weighted by Gasteiger charge is 2.27. The fourth-order valence-corrected chi connectivity index (χ4v) is 3.95. The Hall–Kier alpha value is -1.67. The fraction of sp³-hybridized carbons (Fsp3) is 0.455. The number of nitrogens with one attached hydrogen (secondary N) is 2. The second-order valence-electron chi connectivity index (χ2n) is 4.77. The van der Waals surface area contributed by atoms with Crippen LogP contribution in [0, 0.1) is 0 Å². The minimum absolute atomic E-state index is 0.0104. The Kier molecular flexibility index (Phi) is 2.90. The first-order chi connectivity index (χ1) is 9.02. The van der Waals surface area contributed by atoms with Gasteiger partial charge in [-0.05, 0) is 18.6 Å². The molecule has 7 nitrogen and oxygen atoms in total. The van der Waals surface area contributed by atoms with Crippen LogP contribution in [-0.4, -0.2) is 40.9 Å². The van der Waals surface area contributed by atoms with Crippen LogP contribution < -0.4 is 11.1 Å². The smallest absolute Gasteiger partial charge is 0.179 e. The van der Waals surface area contributed by atoms with Crippen molar-refractivity contribution in [2.24, 2.45) is 0 Å². The zero-order valence-corrected chi connectivity index (χ0v) is 11.1. The van der Waals surface area contributed by atoms with Gasteiger partial charge in [-0.25, -0.2) is 18.4 Å². The summed E-state index contributed by atoms with van der Waals surface area (Å²) in [6, 6.07) is 3.55. The average Bonchev–Trinajstić information content (AvgIpc) is 2.89. The maximum atomic E-state index is 11.3. The number of sulfone groups is 1. The van der Waals surface area contributed by atoms with Crippen LogP contribution in [0.25, 0.3) is 11.2 Å². The molecule has 19 heavy (non-hydrogen) atoms. The highest BCUT2D eigenvalue weighted by Crippen LogP contribution is 2.13. The molecule has 1 fully saturated rings. The van der Waals surface area contributed by atoms with Crippen LogP contribution >= 0.6 is 0 Å². The van der Waals surface area contributed by atoms with E-state index in [2.05, 4.69) is 20.3 Å². The number of H-pyrrole nitrogens is 1. The third-order valence-corrected chi connectivity index (χ3v) is 4.98. The summed E-state index contributed by atoms with van der Waals surface area (Å²) in [5.74, 6) is 1.64.